The summed E-state index contributed by atoms with van der Waals surface area (Å²) in [7, 11) is 0. The first-order valence-corrected chi connectivity index (χ1v) is 20.8. The summed E-state index contributed by atoms with van der Waals surface area (Å²) in [5.41, 5.74) is 15.2. The number of anilines is 3. The minimum atomic E-state index is 0.838. The smallest absolute Gasteiger partial charge is 0.138 e. The summed E-state index contributed by atoms with van der Waals surface area (Å²) in [5, 5.41) is 6.95. The molecule has 0 bridgehead atoms. The van der Waals surface area contributed by atoms with Gasteiger partial charge in [-0.15, -0.1) is 0 Å². The Hall–Kier alpha value is -8.14. The van der Waals surface area contributed by atoms with Gasteiger partial charge in [0.1, 0.15) is 11.2 Å². The van der Waals surface area contributed by atoms with Crippen molar-refractivity contribution in [1.29, 1.82) is 0 Å². The first-order valence-electron chi connectivity index (χ1n) is 20.8. The van der Waals surface area contributed by atoms with Crippen molar-refractivity contribution in [3.63, 3.8) is 0 Å². The van der Waals surface area contributed by atoms with Gasteiger partial charge >= 0.3 is 0 Å². The van der Waals surface area contributed by atoms with E-state index in [0.717, 1.165) is 66.7 Å². The fourth-order valence-corrected chi connectivity index (χ4v) is 9.37. The van der Waals surface area contributed by atoms with Gasteiger partial charge in [0.15, 0.2) is 0 Å². The Morgan fingerprint density at radius 2 is 0.918 bits per heavy atom. The molecule has 12 aromatic rings. The zero-order valence-corrected chi connectivity index (χ0v) is 33.2. The van der Waals surface area contributed by atoms with Gasteiger partial charge in [-0.3, -0.25) is 0 Å². The van der Waals surface area contributed by atoms with Crippen molar-refractivity contribution >= 4 is 71.6 Å². The Morgan fingerprint density at radius 3 is 1.59 bits per heavy atom. The minimum absolute atomic E-state index is 0.838. The summed E-state index contributed by atoms with van der Waals surface area (Å²) >= 11 is 0. The number of furan rings is 1. The number of benzene rings is 10. The quantitative estimate of drug-likeness (QED) is 0.161. The second kappa shape index (κ2) is 14.3. The van der Waals surface area contributed by atoms with Crippen LogP contribution in [0.3, 0.4) is 0 Å². The lowest BCUT2D eigenvalue weighted by molar-refractivity contribution is 0.669. The molecule has 286 valence electrons. The van der Waals surface area contributed by atoms with Gasteiger partial charge in [-0.05, 0) is 99.3 Å². The number of hydrogen-bond acceptors (Lipinski definition) is 2. The summed E-state index contributed by atoms with van der Waals surface area (Å²) in [6.07, 6.45) is 0. The largest absolute Gasteiger partial charge is 0.456 e. The first kappa shape index (κ1) is 34.9. The Bertz CT molecular complexity index is 3470. The molecule has 0 saturated carbocycles. The molecule has 0 amide bonds. The third kappa shape index (κ3) is 5.82. The Labute approximate surface area is 353 Å². The summed E-state index contributed by atoms with van der Waals surface area (Å²) in [6, 6.07) is 82.8. The van der Waals surface area contributed by atoms with E-state index in [9.17, 15) is 0 Å². The van der Waals surface area contributed by atoms with Crippen LogP contribution in [0.25, 0.3) is 93.6 Å². The molecule has 0 fully saturated rings. The third-order valence-electron chi connectivity index (χ3n) is 12.2. The van der Waals surface area contributed by atoms with Crippen molar-refractivity contribution in [2.45, 2.75) is 0 Å². The van der Waals surface area contributed by atoms with E-state index in [2.05, 4.69) is 240 Å². The Morgan fingerprint density at radius 1 is 0.361 bits per heavy atom. The van der Waals surface area contributed by atoms with Gasteiger partial charge in [-0.2, -0.15) is 0 Å². The lowest BCUT2D eigenvalue weighted by Crippen LogP contribution is -2.10. The van der Waals surface area contributed by atoms with Crippen molar-refractivity contribution in [2.75, 3.05) is 4.90 Å². The number of nitrogens with zero attached hydrogens (tertiary/aromatic N) is 2. The van der Waals surface area contributed by atoms with Gasteiger partial charge in [0.2, 0.25) is 0 Å². The molecule has 0 aliphatic heterocycles. The van der Waals surface area contributed by atoms with Crippen molar-refractivity contribution < 1.29 is 4.42 Å². The maximum absolute atomic E-state index is 6.99. The monoisotopic (exact) mass is 778 g/mol. The van der Waals surface area contributed by atoms with Gasteiger partial charge in [0.25, 0.3) is 0 Å². The average Bonchev–Trinajstić information content (AvgIpc) is 3.89. The highest BCUT2D eigenvalue weighted by Crippen LogP contribution is 2.48. The van der Waals surface area contributed by atoms with E-state index >= 15 is 0 Å². The predicted octanol–water partition coefficient (Wildman–Crippen LogP) is 16.3. The average molecular weight is 779 g/mol. The van der Waals surface area contributed by atoms with Crippen LogP contribution in [-0.4, -0.2) is 4.57 Å². The predicted molar refractivity (Wildman–Crippen MR) is 257 cm³/mol. The molecule has 10 aromatic carbocycles. The van der Waals surface area contributed by atoms with Crippen LogP contribution in [0.15, 0.2) is 235 Å². The van der Waals surface area contributed by atoms with Gasteiger partial charge in [-0.1, -0.05) is 170 Å². The van der Waals surface area contributed by atoms with E-state index in [1.54, 1.807) is 0 Å². The summed E-state index contributed by atoms with van der Waals surface area (Å²) in [6.45, 7) is 0. The van der Waals surface area contributed by atoms with Crippen molar-refractivity contribution in [2.24, 2.45) is 0 Å². The maximum Gasteiger partial charge on any atom is 0.138 e. The molecule has 12 rings (SSSR count). The zero-order chi connectivity index (χ0) is 40.3. The number of hydrogen-bond donors (Lipinski definition) is 0. The highest BCUT2D eigenvalue weighted by Gasteiger charge is 2.24. The molecule has 0 radical (unpaired) electrons. The molecule has 0 spiro atoms. The maximum atomic E-state index is 6.99. The van der Waals surface area contributed by atoms with Gasteiger partial charge in [0.05, 0.1) is 22.1 Å². The molecule has 2 aromatic heterocycles. The number of aromatic nitrogens is 1. The highest BCUT2D eigenvalue weighted by atomic mass is 16.3. The van der Waals surface area contributed by atoms with Crippen LogP contribution in [0.4, 0.5) is 17.1 Å². The zero-order valence-electron chi connectivity index (χ0n) is 33.2. The topological polar surface area (TPSA) is 21.3 Å². The van der Waals surface area contributed by atoms with Crippen molar-refractivity contribution in [1.82, 2.24) is 4.57 Å². The molecule has 3 nitrogen and oxygen atoms in total. The van der Waals surface area contributed by atoms with Crippen molar-refractivity contribution in [3.05, 3.63) is 231 Å². The molecule has 0 saturated heterocycles. The second-order valence-electron chi connectivity index (χ2n) is 15.7. The second-order valence-corrected chi connectivity index (χ2v) is 15.7. The number of fused-ring (bicyclic) bond motifs is 8. The summed E-state index contributed by atoms with van der Waals surface area (Å²) < 4.78 is 9.41. The Balaban J connectivity index is 1.17. The molecule has 61 heavy (non-hydrogen) atoms. The molecule has 0 N–H and O–H groups in total. The van der Waals surface area contributed by atoms with E-state index in [4.69, 9.17) is 4.42 Å². The summed E-state index contributed by atoms with van der Waals surface area (Å²) in [4.78, 5) is 2.42. The lowest BCUT2D eigenvalue weighted by Gasteiger charge is -2.27. The fraction of sp³-hybridized carbons (Fsp3) is 0. The van der Waals surface area contributed by atoms with Crippen LogP contribution in [0, 0.1) is 0 Å². The molecule has 3 heteroatoms. The molecule has 0 atom stereocenters. The molecular weight excluding hydrogens is 741 g/mol. The SMILES string of the molecule is c1ccc(-c2ccc(N(c3ccc(-c4ccccc4)cc3)c3cc(-c4cccc5c6ccccc6n(-c6ccccc6)c45)cc4oc5ccc6ccccc6c5c34)cc2)cc1. The van der Waals surface area contributed by atoms with Gasteiger partial charge < -0.3 is 13.9 Å². The normalized spacial score (nSPS) is 11.6. The molecular formula is C58H38N2O. The van der Waals surface area contributed by atoms with Crippen LogP contribution in [-0.2, 0) is 0 Å². The van der Waals surface area contributed by atoms with E-state index in [1.807, 2.05) is 0 Å². The molecule has 0 unspecified atom stereocenters. The number of para-hydroxylation sites is 3. The van der Waals surface area contributed by atoms with E-state index < -0.39 is 0 Å². The number of rotatable bonds is 7. The van der Waals surface area contributed by atoms with E-state index in [0.29, 0.717) is 0 Å². The van der Waals surface area contributed by atoms with Crippen molar-refractivity contribution in [3.8, 4) is 39.1 Å². The van der Waals surface area contributed by atoms with Crippen LogP contribution >= 0.6 is 0 Å². The van der Waals surface area contributed by atoms with Gasteiger partial charge in [-0.25, -0.2) is 0 Å². The molecule has 0 aliphatic carbocycles. The standard InChI is InChI=1S/C58H38N2O/c1-4-15-39(16-5-1)41-27-32-46(33-28-41)59(47-34-29-42(30-35-47)40-17-6-2-7-18-40)53-37-44(38-55-57(53)56-48-22-11-10-19-43(48)31-36-54(56)61-55)49-24-14-25-51-50-23-12-13-26-52(50)60(58(49)51)45-20-8-3-9-21-45/h1-38H. The molecule has 2 heterocycles. The fourth-order valence-electron chi connectivity index (χ4n) is 9.37. The first-order chi connectivity index (χ1) is 30.3. The minimum Gasteiger partial charge on any atom is -0.456 e. The highest BCUT2D eigenvalue weighted by molar-refractivity contribution is 6.24. The van der Waals surface area contributed by atoms with Crippen LogP contribution < -0.4 is 4.90 Å². The van der Waals surface area contributed by atoms with Crippen LogP contribution in [0.1, 0.15) is 0 Å². The third-order valence-corrected chi connectivity index (χ3v) is 12.2. The van der Waals surface area contributed by atoms with E-state index in [-0.39, 0.29) is 0 Å². The van der Waals surface area contributed by atoms with E-state index in [1.165, 1.54) is 43.9 Å². The van der Waals surface area contributed by atoms with Crippen LogP contribution in [0.2, 0.25) is 0 Å². The van der Waals surface area contributed by atoms with Crippen LogP contribution in [0.5, 0.6) is 0 Å². The van der Waals surface area contributed by atoms with Gasteiger partial charge in [0, 0.05) is 38.8 Å². The molecule has 0 aliphatic rings. The summed E-state index contributed by atoms with van der Waals surface area (Å²) in [5.74, 6) is 0. The lowest BCUT2D eigenvalue weighted by atomic mass is 9.96. The Kier molecular flexibility index (Phi) is 8.17.